The average Bonchev–Trinajstić information content (AvgIpc) is 2.50. The summed E-state index contributed by atoms with van der Waals surface area (Å²) >= 11 is 5.64. The third-order valence-corrected chi connectivity index (χ3v) is 1.86. The largest absolute Gasteiger partial charge is 0.443 e. The van der Waals surface area contributed by atoms with Gasteiger partial charge >= 0.3 is 0 Å². The summed E-state index contributed by atoms with van der Waals surface area (Å²) in [5.74, 6) is 0.517. The first-order valence-electron chi connectivity index (χ1n) is 3.28. The fraction of sp³-hybridized carbons (Fsp3) is 0.125. The molecule has 0 saturated heterocycles. The minimum Gasteiger partial charge on any atom is -0.443 e. The Labute approximate surface area is 68.8 Å². The fourth-order valence-corrected chi connectivity index (χ4v) is 1.15. The first-order chi connectivity index (χ1) is 5.40. The molecule has 0 spiro atoms. The van der Waals surface area contributed by atoms with E-state index in [9.17, 15) is 0 Å². The summed E-state index contributed by atoms with van der Waals surface area (Å²) in [7, 11) is 0. The summed E-state index contributed by atoms with van der Waals surface area (Å²) in [4.78, 5) is 4.00. The number of nitrogens with zero attached hydrogens (tertiary/aromatic N) is 1. The highest BCUT2D eigenvalue weighted by Crippen LogP contribution is 2.14. The summed E-state index contributed by atoms with van der Waals surface area (Å²) in [5, 5.41) is 0. The third kappa shape index (κ3) is 1.10. The molecule has 0 aliphatic carbocycles. The van der Waals surface area contributed by atoms with Crippen LogP contribution in [0.5, 0.6) is 0 Å². The van der Waals surface area contributed by atoms with Gasteiger partial charge in [0.2, 0.25) is 0 Å². The molecule has 0 N–H and O–H groups in total. The molecule has 2 nitrogen and oxygen atoms in total. The topological polar surface area (TPSA) is 26.0 Å². The highest BCUT2D eigenvalue weighted by atomic mass is 35.5. The molecule has 2 aromatic rings. The lowest BCUT2D eigenvalue weighted by atomic mass is 10.2. The Kier molecular flexibility index (Phi) is 1.55. The number of oxazole rings is 1. The van der Waals surface area contributed by atoms with E-state index in [1.165, 1.54) is 6.39 Å². The number of alkyl halides is 1. The minimum atomic E-state index is 0.517. The molecule has 0 unspecified atom stereocenters. The number of fused-ring (bicyclic) bond motifs is 1. The molecule has 0 amide bonds. The molecule has 1 heterocycles. The zero-order chi connectivity index (χ0) is 7.68. The van der Waals surface area contributed by atoms with Crippen molar-refractivity contribution >= 4 is 22.7 Å². The van der Waals surface area contributed by atoms with Gasteiger partial charge < -0.3 is 4.42 Å². The SMILES string of the molecule is ClCc1ccc2ocnc2c1. The van der Waals surface area contributed by atoms with Crippen LogP contribution in [-0.2, 0) is 5.88 Å². The summed E-state index contributed by atoms with van der Waals surface area (Å²) < 4.78 is 5.06. The molecule has 0 saturated carbocycles. The van der Waals surface area contributed by atoms with Crippen molar-refractivity contribution < 1.29 is 4.42 Å². The smallest absolute Gasteiger partial charge is 0.181 e. The number of aromatic nitrogens is 1. The highest BCUT2D eigenvalue weighted by molar-refractivity contribution is 6.17. The van der Waals surface area contributed by atoms with Gasteiger partial charge in [0.15, 0.2) is 12.0 Å². The van der Waals surface area contributed by atoms with Gasteiger partial charge in [0.05, 0.1) is 0 Å². The van der Waals surface area contributed by atoms with Crippen molar-refractivity contribution in [2.75, 3.05) is 0 Å². The van der Waals surface area contributed by atoms with Crippen LogP contribution in [0.3, 0.4) is 0 Å². The Hall–Kier alpha value is -1.02. The standard InChI is InChI=1S/C8H6ClNO/c9-4-6-1-2-8-7(3-6)10-5-11-8/h1-3,5H,4H2. The molecule has 3 heteroatoms. The minimum absolute atomic E-state index is 0.517. The zero-order valence-corrected chi connectivity index (χ0v) is 6.51. The maximum absolute atomic E-state index is 5.64. The van der Waals surface area contributed by atoms with Crippen molar-refractivity contribution in [2.45, 2.75) is 5.88 Å². The second-order valence-electron chi connectivity index (χ2n) is 2.29. The lowest BCUT2D eigenvalue weighted by Gasteiger charge is -1.91. The van der Waals surface area contributed by atoms with Gasteiger partial charge in [0.25, 0.3) is 0 Å². The van der Waals surface area contributed by atoms with Crippen LogP contribution in [0, 0.1) is 0 Å². The van der Waals surface area contributed by atoms with E-state index in [0.29, 0.717) is 5.88 Å². The quantitative estimate of drug-likeness (QED) is 0.611. The molecule has 56 valence electrons. The van der Waals surface area contributed by atoms with Crippen LogP contribution in [0.1, 0.15) is 5.56 Å². The Morgan fingerprint density at radius 1 is 1.45 bits per heavy atom. The zero-order valence-electron chi connectivity index (χ0n) is 5.75. The van der Waals surface area contributed by atoms with Crippen molar-refractivity contribution in [3.8, 4) is 0 Å². The molecule has 0 radical (unpaired) electrons. The van der Waals surface area contributed by atoms with E-state index in [1.54, 1.807) is 0 Å². The average molecular weight is 168 g/mol. The molecule has 0 aliphatic heterocycles. The molecular formula is C8H6ClNO. The lowest BCUT2D eigenvalue weighted by Crippen LogP contribution is -1.75. The van der Waals surface area contributed by atoms with Crippen LogP contribution in [0.4, 0.5) is 0 Å². The van der Waals surface area contributed by atoms with Gasteiger partial charge in [-0.2, -0.15) is 0 Å². The summed E-state index contributed by atoms with van der Waals surface area (Å²) in [6.07, 6.45) is 1.43. The molecule has 0 aliphatic rings. The van der Waals surface area contributed by atoms with Gasteiger partial charge in [-0.05, 0) is 17.7 Å². The summed E-state index contributed by atoms with van der Waals surface area (Å²) in [5.41, 5.74) is 2.73. The third-order valence-electron chi connectivity index (χ3n) is 1.55. The fourth-order valence-electron chi connectivity index (χ4n) is 0.987. The molecule has 0 bridgehead atoms. The monoisotopic (exact) mass is 167 g/mol. The van der Waals surface area contributed by atoms with E-state index in [2.05, 4.69) is 4.98 Å². The van der Waals surface area contributed by atoms with Crippen molar-refractivity contribution in [1.29, 1.82) is 0 Å². The molecule has 0 fully saturated rings. The second kappa shape index (κ2) is 2.55. The Morgan fingerprint density at radius 2 is 2.36 bits per heavy atom. The van der Waals surface area contributed by atoms with Gasteiger partial charge in [-0.3, -0.25) is 0 Å². The van der Waals surface area contributed by atoms with Crippen LogP contribution in [0.15, 0.2) is 29.0 Å². The van der Waals surface area contributed by atoms with E-state index in [0.717, 1.165) is 16.7 Å². The van der Waals surface area contributed by atoms with Crippen molar-refractivity contribution in [1.82, 2.24) is 4.98 Å². The number of hydrogen-bond acceptors (Lipinski definition) is 2. The summed E-state index contributed by atoms with van der Waals surface area (Å²) in [6.45, 7) is 0. The Balaban J connectivity index is 2.67. The molecule has 1 aromatic carbocycles. The van der Waals surface area contributed by atoms with Crippen LogP contribution >= 0.6 is 11.6 Å². The number of benzene rings is 1. The van der Waals surface area contributed by atoms with E-state index in [-0.39, 0.29) is 0 Å². The molecule has 1 aromatic heterocycles. The maximum atomic E-state index is 5.64. The van der Waals surface area contributed by atoms with Crippen molar-refractivity contribution in [3.05, 3.63) is 30.2 Å². The van der Waals surface area contributed by atoms with E-state index in [4.69, 9.17) is 16.0 Å². The van der Waals surface area contributed by atoms with E-state index < -0.39 is 0 Å². The number of hydrogen-bond donors (Lipinski definition) is 0. The number of rotatable bonds is 1. The normalized spacial score (nSPS) is 10.6. The summed E-state index contributed by atoms with van der Waals surface area (Å²) in [6, 6.07) is 5.73. The first kappa shape index (κ1) is 6.68. The van der Waals surface area contributed by atoms with Crippen LogP contribution < -0.4 is 0 Å². The van der Waals surface area contributed by atoms with Crippen LogP contribution in [0.2, 0.25) is 0 Å². The lowest BCUT2D eigenvalue weighted by molar-refractivity contribution is 0.602. The van der Waals surface area contributed by atoms with Crippen molar-refractivity contribution in [2.24, 2.45) is 0 Å². The molecular weight excluding hydrogens is 162 g/mol. The predicted molar refractivity (Wildman–Crippen MR) is 43.6 cm³/mol. The van der Waals surface area contributed by atoms with Gasteiger partial charge in [0, 0.05) is 5.88 Å². The highest BCUT2D eigenvalue weighted by Gasteiger charge is 1.97. The Morgan fingerprint density at radius 3 is 3.18 bits per heavy atom. The van der Waals surface area contributed by atoms with Crippen LogP contribution in [0.25, 0.3) is 11.1 Å². The molecule has 0 atom stereocenters. The second-order valence-corrected chi connectivity index (χ2v) is 2.56. The number of halogens is 1. The van der Waals surface area contributed by atoms with Crippen molar-refractivity contribution in [3.63, 3.8) is 0 Å². The first-order valence-corrected chi connectivity index (χ1v) is 3.82. The van der Waals surface area contributed by atoms with Gasteiger partial charge in [0.1, 0.15) is 5.52 Å². The van der Waals surface area contributed by atoms with E-state index in [1.807, 2.05) is 18.2 Å². The molecule has 11 heavy (non-hydrogen) atoms. The van der Waals surface area contributed by atoms with E-state index >= 15 is 0 Å². The van der Waals surface area contributed by atoms with Crippen LogP contribution in [-0.4, -0.2) is 4.98 Å². The van der Waals surface area contributed by atoms with Gasteiger partial charge in [-0.25, -0.2) is 4.98 Å². The maximum Gasteiger partial charge on any atom is 0.181 e. The van der Waals surface area contributed by atoms with Gasteiger partial charge in [-0.1, -0.05) is 6.07 Å². The van der Waals surface area contributed by atoms with Gasteiger partial charge in [-0.15, -0.1) is 11.6 Å². The molecule has 2 rings (SSSR count). The predicted octanol–water partition coefficient (Wildman–Crippen LogP) is 2.57. The Bertz CT molecular complexity index is 369.